The fourth-order valence-corrected chi connectivity index (χ4v) is 1.40. The molecular weight excluding hydrogens is 200 g/mol. The van der Waals surface area contributed by atoms with Crippen LogP contribution >= 0.6 is 0 Å². The lowest BCUT2D eigenvalue weighted by atomic mass is 9.98. The molecule has 0 spiro atoms. The van der Waals surface area contributed by atoms with E-state index >= 15 is 0 Å². The molecule has 0 saturated heterocycles. The van der Waals surface area contributed by atoms with Crippen molar-refractivity contribution in [1.82, 2.24) is 0 Å². The van der Waals surface area contributed by atoms with Crippen molar-refractivity contribution >= 4 is 0 Å². The summed E-state index contributed by atoms with van der Waals surface area (Å²) in [6.07, 6.45) is 1.13. The molecule has 0 N–H and O–H groups in total. The van der Waals surface area contributed by atoms with Crippen LogP contribution in [-0.4, -0.2) is 14.2 Å². The van der Waals surface area contributed by atoms with Gasteiger partial charge in [0.25, 0.3) is 0 Å². The third-order valence-electron chi connectivity index (χ3n) is 2.59. The summed E-state index contributed by atoms with van der Waals surface area (Å²) in [7, 11) is 3.32. The van der Waals surface area contributed by atoms with Crippen LogP contribution in [0.3, 0.4) is 0 Å². The van der Waals surface area contributed by atoms with E-state index in [0.29, 0.717) is 5.92 Å². The highest BCUT2D eigenvalue weighted by atomic mass is 16.5. The van der Waals surface area contributed by atoms with Crippen LogP contribution in [0.15, 0.2) is 18.2 Å². The maximum Gasteiger partial charge on any atom is 0.160 e. The molecule has 0 aliphatic heterocycles. The molecule has 0 aromatic heterocycles. The Kier molecular flexibility index (Phi) is 8.64. The second-order valence-corrected chi connectivity index (χ2v) is 3.42. The fourth-order valence-electron chi connectivity index (χ4n) is 1.40. The van der Waals surface area contributed by atoms with E-state index in [1.165, 1.54) is 5.56 Å². The van der Waals surface area contributed by atoms with Crippen molar-refractivity contribution in [3.05, 3.63) is 23.8 Å². The van der Waals surface area contributed by atoms with Crippen LogP contribution in [0, 0.1) is 0 Å². The number of ether oxygens (including phenoxy) is 2. The van der Waals surface area contributed by atoms with E-state index in [9.17, 15) is 0 Å². The lowest BCUT2D eigenvalue weighted by Crippen LogP contribution is -1.95. The molecule has 2 nitrogen and oxygen atoms in total. The lowest BCUT2D eigenvalue weighted by Gasteiger charge is -2.13. The Morgan fingerprint density at radius 3 is 2.06 bits per heavy atom. The van der Waals surface area contributed by atoms with Crippen LogP contribution in [0.4, 0.5) is 0 Å². The number of methoxy groups -OCH3 is 2. The topological polar surface area (TPSA) is 18.5 Å². The van der Waals surface area contributed by atoms with Gasteiger partial charge in [0.15, 0.2) is 11.5 Å². The van der Waals surface area contributed by atoms with Gasteiger partial charge in [0.2, 0.25) is 0 Å². The Morgan fingerprint density at radius 1 is 1.06 bits per heavy atom. The van der Waals surface area contributed by atoms with E-state index in [4.69, 9.17) is 9.47 Å². The van der Waals surface area contributed by atoms with Crippen molar-refractivity contribution in [1.29, 1.82) is 0 Å². The molecule has 0 aliphatic carbocycles. The Balaban J connectivity index is 0. The van der Waals surface area contributed by atoms with Crippen molar-refractivity contribution in [2.45, 2.75) is 41.0 Å². The normalized spacial score (nSPS) is 10.8. The van der Waals surface area contributed by atoms with Gasteiger partial charge in [-0.3, -0.25) is 0 Å². The van der Waals surface area contributed by atoms with E-state index in [1.807, 2.05) is 12.1 Å². The molecule has 0 amide bonds. The smallest absolute Gasteiger partial charge is 0.160 e. The predicted octanol–water partition coefficient (Wildman–Crippen LogP) is 4.49. The van der Waals surface area contributed by atoms with Crippen molar-refractivity contribution in [2.24, 2.45) is 0 Å². The molecule has 1 atom stereocenters. The van der Waals surface area contributed by atoms with E-state index in [1.54, 1.807) is 14.2 Å². The molecule has 0 aliphatic rings. The van der Waals surface area contributed by atoms with E-state index in [2.05, 4.69) is 19.9 Å². The van der Waals surface area contributed by atoms with Crippen molar-refractivity contribution in [2.75, 3.05) is 14.2 Å². The van der Waals surface area contributed by atoms with E-state index < -0.39 is 0 Å². The number of hydrogen-bond acceptors (Lipinski definition) is 2. The SMILES string of the molecule is C.C.CCC(C)c1ccc(OC)c(OC)c1. The molecule has 0 saturated carbocycles. The van der Waals surface area contributed by atoms with Crippen LogP contribution in [0.1, 0.15) is 46.6 Å². The molecule has 1 unspecified atom stereocenters. The average Bonchev–Trinajstić information content (AvgIpc) is 2.26. The highest BCUT2D eigenvalue weighted by molar-refractivity contribution is 5.43. The highest BCUT2D eigenvalue weighted by Gasteiger charge is 2.08. The van der Waals surface area contributed by atoms with Crippen molar-refractivity contribution in [3.8, 4) is 11.5 Å². The first-order valence-corrected chi connectivity index (χ1v) is 4.94. The van der Waals surface area contributed by atoms with Gasteiger partial charge < -0.3 is 9.47 Å². The van der Waals surface area contributed by atoms with Crippen molar-refractivity contribution in [3.63, 3.8) is 0 Å². The molecule has 0 heterocycles. The molecular formula is C14H26O2. The van der Waals surface area contributed by atoms with Gasteiger partial charge in [-0.2, -0.15) is 0 Å². The first kappa shape index (κ1) is 17.2. The maximum atomic E-state index is 5.25. The van der Waals surface area contributed by atoms with E-state index in [0.717, 1.165) is 17.9 Å². The minimum Gasteiger partial charge on any atom is -0.493 e. The number of hydrogen-bond donors (Lipinski definition) is 0. The maximum absolute atomic E-state index is 5.25. The van der Waals surface area contributed by atoms with Crippen molar-refractivity contribution < 1.29 is 9.47 Å². The van der Waals surface area contributed by atoms with Gasteiger partial charge in [0.05, 0.1) is 14.2 Å². The summed E-state index contributed by atoms with van der Waals surface area (Å²) in [5.74, 6) is 2.17. The zero-order valence-corrected chi connectivity index (χ0v) is 9.33. The van der Waals surface area contributed by atoms with Gasteiger partial charge in [-0.15, -0.1) is 0 Å². The lowest BCUT2D eigenvalue weighted by molar-refractivity contribution is 0.354. The Labute approximate surface area is 101 Å². The van der Waals surface area contributed by atoms with Gasteiger partial charge in [-0.05, 0) is 30.0 Å². The zero-order valence-electron chi connectivity index (χ0n) is 9.33. The molecule has 0 fully saturated rings. The quantitative estimate of drug-likeness (QED) is 0.753. The zero-order chi connectivity index (χ0) is 10.6. The third kappa shape index (κ3) is 3.76. The molecule has 16 heavy (non-hydrogen) atoms. The van der Waals surface area contributed by atoms with Crippen LogP contribution < -0.4 is 9.47 Å². The third-order valence-corrected chi connectivity index (χ3v) is 2.59. The number of rotatable bonds is 4. The van der Waals surface area contributed by atoms with Crippen LogP contribution in [0.5, 0.6) is 11.5 Å². The summed E-state index contributed by atoms with van der Waals surface area (Å²) < 4.78 is 10.4. The monoisotopic (exact) mass is 226 g/mol. The van der Waals surface area contributed by atoms with Gasteiger partial charge in [0.1, 0.15) is 0 Å². The summed E-state index contributed by atoms with van der Waals surface area (Å²) in [6, 6.07) is 6.10. The summed E-state index contributed by atoms with van der Waals surface area (Å²) in [5.41, 5.74) is 1.30. The van der Waals surface area contributed by atoms with Gasteiger partial charge in [-0.25, -0.2) is 0 Å². The minimum absolute atomic E-state index is 0. The highest BCUT2D eigenvalue weighted by Crippen LogP contribution is 2.31. The minimum atomic E-state index is 0. The van der Waals surface area contributed by atoms with Gasteiger partial charge in [-0.1, -0.05) is 34.8 Å². The summed E-state index contributed by atoms with van der Waals surface area (Å²) >= 11 is 0. The molecule has 0 bridgehead atoms. The second-order valence-electron chi connectivity index (χ2n) is 3.42. The first-order chi connectivity index (χ1) is 6.72. The summed E-state index contributed by atoms with van der Waals surface area (Å²) in [4.78, 5) is 0. The largest absolute Gasteiger partial charge is 0.493 e. The Hall–Kier alpha value is -1.18. The first-order valence-electron chi connectivity index (χ1n) is 4.94. The van der Waals surface area contributed by atoms with Gasteiger partial charge in [0, 0.05) is 0 Å². The molecule has 0 radical (unpaired) electrons. The Morgan fingerprint density at radius 2 is 1.62 bits per heavy atom. The van der Waals surface area contributed by atoms with Crippen LogP contribution in [-0.2, 0) is 0 Å². The Bertz CT molecular complexity index is 295. The average molecular weight is 226 g/mol. The van der Waals surface area contributed by atoms with Gasteiger partial charge >= 0.3 is 0 Å². The molecule has 1 aromatic carbocycles. The predicted molar refractivity (Wildman–Crippen MR) is 71.7 cm³/mol. The number of benzene rings is 1. The summed E-state index contributed by atoms with van der Waals surface area (Å²) in [5, 5.41) is 0. The van der Waals surface area contributed by atoms with Crippen LogP contribution in [0.25, 0.3) is 0 Å². The molecule has 2 heteroatoms. The van der Waals surface area contributed by atoms with Crippen LogP contribution in [0.2, 0.25) is 0 Å². The fraction of sp³-hybridized carbons (Fsp3) is 0.571. The molecule has 1 rings (SSSR count). The second kappa shape index (κ2) is 8.03. The molecule has 94 valence electrons. The standard InChI is InChI=1S/C12H18O2.2CH4/c1-5-9(2)10-6-7-11(13-3)12(8-10)14-4;;/h6-9H,5H2,1-4H3;2*1H4. The summed E-state index contributed by atoms with van der Waals surface area (Å²) in [6.45, 7) is 4.39. The van der Waals surface area contributed by atoms with E-state index in [-0.39, 0.29) is 14.9 Å². The molecule has 1 aromatic rings.